The molecule has 0 aliphatic carbocycles. The molecule has 0 rings (SSSR count). The average molecular weight is 184 g/mol. The van der Waals surface area contributed by atoms with Gasteiger partial charge in [0.05, 0.1) is 5.70 Å². The van der Waals surface area contributed by atoms with E-state index in [1.807, 2.05) is 32.1 Å². The topological polar surface area (TPSA) is 24.4 Å². The van der Waals surface area contributed by atoms with Gasteiger partial charge in [-0.05, 0) is 26.6 Å². The Morgan fingerprint density at radius 1 is 1.75 bits per heavy atom. The summed E-state index contributed by atoms with van der Waals surface area (Å²) >= 11 is 4.18. The van der Waals surface area contributed by atoms with Crippen molar-refractivity contribution in [3.8, 4) is 0 Å². The summed E-state index contributed by atoms with van der Waals surface area (Å²) in [5.74, 6) is 0. The third-order valence-electron chi connectivity index (χ3n) is 1.26. The van der Waals surface area contributed by atoms with Crippen molar-refractivity contribution in [3.05, 3.63) is 23.9 Å². The van der Waals surface area contributed by atoms with Crippen molar-refractivity contribution < 1.29 is 0 Å². The van der Waals surface area contributed by atoms with E-state index in [1.54, 1.807) is 0 Å². The highest BCUT2D eigenvalue weighted by Gasteiger charge is 1.94. The lowest BCUT2D eigenvalue weighted by Crippen LogP contribution is -2.22. The van der Waals surface area contributed by atoms with Crippen LogP contribution < -0.4 is 5.32 Å². The van der Waals surface area contributed by atoms with Crippen LogP contribution in [0.5, 0.6) is 0 Å². The predicted octanol–water partition coefficient (Wildman–Crippen LogP) is 2.01. The molecule has 12 heavy (non-hydrogen) atoms. The van der Waals surface area contributed by atoms with Crippen LogP contribution in [0.1, 0.15) is 13.8 Å². The normalized spacial score (nSPS) is 15.1. The molecule has 0 saturated heterocycles. The summed E-state index contributed by atoms with van der Waals surface area (Å²) in [5, 5.41) is 3.31. The van der Waals surface area contributed by atoms with Gasteiger partial charge in [0.15, 0.2) is 0 Å². The predicted molar refractivity (Wildman–Crippen MR) is 58.9 cm³/mol. The number of hydrogen-bond acceptors (Lipinski definition) is 3. The Balaban J connectivity index is 3.91. The molecule has 0 aromatic carbocycles. The molecule has 1 atom stereocenters. The minimum Gasteiger partial charge on any atom is -0.300 e. The lowest BCUT2D eigenvalue weighted by molar-refractivity contribution is 0.733. The molecule has 0 aliphatic rings. The first-order valence-corrected chi connectivity index (χ1v) is 4.42. The van der Waals surface area contributed by atoms with E-state index in [-0.39, 0.29) is 5.37 Å². The van der Waals surface area contributed by atoms with Crippen LogP contribution in [0.15, 0.2) is 28.9 Å². The zero-order valence-corrected chi connectivity index (χ0v) is 8.51. The second-order valence-electron chi connectivity index (χ2n) is 2.40. The van der Waals surface area contributed by atoms with Crippen LogP contribution in [0.25, 0.3) is 0 Å². The number of thiol groups is 1. The van der Waals surface area contributed by atoms with E-state index in [0.29, 0.717) is 6.54 Å². The van der Waals surface area contributed by atoms with E-state index in [0.717, 1.165) is 5.70 Å². The third kappa shape index (κ3) is 6.19. The molecule has 3 heteroatoms. The second kappa shape index (κ2) is 7.13. The molecular weight excluding hydrogens is 168 g/mol. The fourth-order valence-electron chi connectivity index (χ4n) is 0.627. The van der Waals surface area contributed by atoms with Crippen molar-refractivity contribution in [2.24, 2.45) is 4.99 Å². The standard InChI is InChI=1S/C9H16N2S/c1-4-5-6-9(10-3)7-11-8(2)12/h4-6,8,11-12H,3,7H2,1-2H3/b5-4-,9-6-. The molecule has 0 radical (unpaired) electrons. The summed E-state index contributed by atoms with van der Waals surface area (Å²) in [6.07, 6.45) is 5.82. The number of allylic oxidation sites excluding steroid dienone is 3. The van der Waals surface area contributed by atoms with Crippen LogP contribution in [-0.2, 0) is 0 Å². The minimum atomic E-state index is 0.181. The summed E-state index contributed by atoms with van der Waals surface area (Å²) in [6, 6.07) is 0. The molecule has 0 aromatic heterocycles. The molecule has 2 nitrogen and oxygen atoms in total. The van der Waals surface area contributed by atoms with Crippen LogP contribution in [0, 0.1) is 0 Å². The highest BCUT2D eigenvalue weighted by Crippen LogP contribution is 1.96. The maximum absolute atomic E-state index is 4.18. The molecule has 0 aromatic rings. The number of aliphatic imine (C=N–C) groups is 1. The van der Waals surface area contributed by atoms with E-state index in [9.17, 15) is 0 Å². The quantitative estimate of drug-likeness (QED) is 0.290. The first-order chi connectivity index (χ1) is 5.70. The fourth-order valence-corrected chi connectivity index (χ4v) is 0.718. The van der Waals surface area contributed by atoms with Gasteiger partial charge >= 0.3 is 0 Å². The lowest BCUT2D eigenvalue weighted by atomic mass is 10.3. The van der Waals surface area contributed by atoms with Crippen LogP contribution in [0.2, 0.25) is 0 Å². The Hall–Kier alpha value is -0.540. The van der Waals surface area contributed by atoms with Gasteiger partial charge in [-0.15, -0.1) is 0 Å². The van der Waals surface area contributed by atoms with Gasteiger partial charge in [-0.2, -0.15) is 12.6 Å². The van der Waals surface area contributed by atoms with Gasteiger partial charge in [0.2, 0.25) is 0 Å². The van der Waals surface area contributed by atoms with Crippen molar-refractivity contribution in [2.75, 3.05) is 6.54 Å². The summed E-state index contributed by atoms with van der Waals surface area (Å²) in [6.45, 7) is 8.12. The number of nitrogens with zero attached hydrogens (tertiary/aromatic N) is 1. The van der Waals surface area contributed by atoms with Gasteiger partial charge in [0, 0.05) is 11.9 Å². The zero-order valence-electron chi connectivity index (χ0n) is 7.62. The van der Waals surface area contributed by atoms with Crippen LogP contribution in [0.3, 0.4) is 0 Å². The van der Waals surface area contributed by atoms with Crippen molar-refractivity contribution >= 4 is 19.3 Å². The van der Waals surface area contributed by atoms with Gasteiger partial charge in [-0.1, -0.05) is 12.2 Å². The Bertz CT molecular complexity index is 183. The first kappa shape index (κ1) is 11.5. The summed E-state index contributed by atoms with van der Waals surface area (Å²) in [4.78, 5) is 3.86. The van der Waals surface area contributed by atoms with Crippen LogP contribution in [0.4, 0.5) is 0 Å². The lowest BCUT2D eigenvalue weighted by Gasteiger charge is -2.06. The fraction of sp³-hybridized carbons (Fsp3) is 0.444. The highest BCUT2D eigenvalue weighted by molar-refractivity contribution is 7.80. The van der Waals surface area contributed by atoms with E-state index in [1.165, 1.54) is 0 Å². The first-order valence-electron chi connectivity index (χ1n) is 3.90. The van der Waals surface area contributed by atoms with Gasteiger partial charge in [-0.25, -0.2) is 0 Å². The molecule has 1 N–H and O–H groups in total. The van der Waals surface area contributed by atoms with Crippen LogP contribution in [-0.4, -0.2) is 18.6 Å². The molecular formula is C9H16N2S. The molecule has 0 saturated carbocycles. The van der Waals surface area contributed by atoms with Crippen molar-refractivity contribution in [1.29, 1.82) is 0 Å². The van der Waals surface area contributed by atoms with Gasteiger partial charge in [-0.3, -0.25) is 4.99 Å². The molecule has 1 unspecified atom stereocenters. The maximum Gasteiger partial charge on any atom is 0.0534 e. The largest absolute Gasteiger partial charge is 0.300 e. The molecule has 0 heterocycles. The molecule has 0 amide bonds. The maximum atomic E-state index is 4.18. The Morgan fingerprint density at radius 3 is 2.83 bits per heavy atom. The van der Waals surface area contributed by atoms with E-state index in [4.69, 9.17) is 0 Å². The number of rotatable bonds is 5. The molecule has 0 fully saturated rings. The molecule has 0 aliphatic heterocycles. The average Bonchev–Trinajstić information content (AvgIpc) is 2.05. The molecule has 68 valence electrons. The zero-order chi connectivity index (χ0) is 9.40. The minimum absolute atomic E-state index is 0.181. The third-order valence-corrected chi connectivity index (χ3v) is 1.45. The van der Waals surface area contributed by atoms with E-state index in [2.05, 4.69) is 29.7 Å². The SMILES string of the molecule is C=N/C(=C\C=C/C)CNC(C)S. The van der Waals surface area contributed by atoms with E-state index < -0.39 is 0 Å². The summed E-state index contributed by atoms with van der Waals surface area (Å²) < 4.78 is 0. The van der Waals surface area contributed by atoms with Crippen LogP contribution >= 0.6 is 12.6 Å². The molecule has 0 bridgehead atoms. The van der Waals surface area contributed by atoms with Crippen molar-refractivity contribution in [3.63, 3.8) is 0 Å². The van der Waals surface area contributed by atoms with Gasteiger partial charge in [0.25, 0.3) is 0 Å². The smallest absolute Gasteiger partial charge is 0.0534 e. The monoisotopic (exact) mass is 184 g/mol. The summed E-state index contributed by atoms with van der Waals surface area (Å²) in [7, 11) is 0. The number of nitrogens with one attached hydrogen (secondary N) is 1. The van der Waals surface area contributed by atoms with Gasteiger partial charge < -0.3 is 5.32 Å². The van der Waals surface area contributed by atoms with Crippen molar-refractivity contribution in [2.45, 2.75) is 19.2 Å². The molecule has 0 spiro atoms. The summed E-state index contributed by atoms with van der Waals surface area (Å²) in [5.41, 5.74) is 0.925. The Morgan fingerprint density at radius 2 is 2.42 bits per heavy atom. The number of hydrogen-bond donors (Lipinski definition) is 2. The highest BCUT2D eigenvalue weighted by atomic mass is 32.1. The van der Waals surface area contributed by atoms with Gasteiger partial charge in [0.1, 0.15) is 0 Å². The Labute approximate surface area is 79.9 Å². The Kier molecular flexibility index (Phi) is 6.81. The second-order valence-corrected chi connectivity index (χ2v) is 3.17. The van der Waals surface area contributed by atoms with E-state index >= 15 is 0 Å². The van der Waals surface area contributed by atoms with Crippen molar-refractivity contribution in [1.82, 2.24) is 5.32 Å².